The molecule has 8 aromatic rings. The maximum absolute atomic E-state index is 6.37. The zero-order valence-corrected chi connectivity index (χ0v) is 22.8. The highest BCUT2D eigenvalue weighted by Gasteiger charge is 2.18. The molecule has 6 aromatic carbocycles. The Labute approximate surface area is 239 Å². The van der Waals surface area contributed by atoms with Gasteiger partial charge in [0.2, 0.25) is 0 Å². The number of rotatable bonds is 4. The molecule has 0 radical (unpaired) electrons. The predicted octanol–water partition coefficient (Wildman–Crippen LogP) is 11.1. The molecule has 0 fully saturated rings. The highest BCUT2D eigenvalue weighted by Crippen LogP contribution is 2.42. The van der Waals surface area contributed by atoms with Gasteiger partial charge in [-0.05, 0) is 84.2 Å². The lowest BCUT2D eigenvalue weighted by Gasteiger charge is -2.27. The summed E-state index contributed by atoms with van der Waals surface area (Å²) in [6.07, 6.45) is 0. The Morgan fingerprint density at radius 2 is 1.35 bits per heavy atom. The first-order valence-corrected chi connectivity index (χ1v) is 14.3. The fourth-order valence-electron chi connectivity index (χ4n) is 5.46. The van der Waals surface area contributed by atoms with Crippen molar-refractivity contribution in [3.8, 4) is 10.6 Å². The lowest BCUT2D eigenvalue weighted by Crippen LogP contribution is -2.10. The molecule has 0 aliphatic rings. The van der Waals surface area contributed by atoms with Crippen LogP contribution in [0, 0.1) is 0 Å². The number of hydrogen-bond acceptors (Lipinski definition) is 4. The Morgan fingerprint density at radius 1 is 0.625 bits per heavy atom. The standard InChI is InChI=1S/C35H21ClN2OS/c36-24-14-18-32-28(20-24)29-21-26(17-19-33(29)39-32)38(31-10-5-7-22-6-1-2-8-27(22)31)25-15-12-23(13-16-25)35-37-30-9-3-4-11-34(30)40-35/h1-21H. The molecule has 0 saturated heterocycles. The van der Waals surface area contributed by atoms with Crippen molar-refractivity contribution in [2.45, 2.75) is 0 Å². The lowest BCUT2D eigenvalue weighted by molar-refractivity contribution is 0.669. The molecule has 2 heterocycles. The molecule has 0 amide bonds. The van der Waals surface area contributed by atoms with Crippen LogP contribution >= 0.6 is 22.9 Å². The minimum atomic E-state index is 0.692. The van der Waals surface area contributed by atoms with E-state index in [0.29, 0.717) is 5.02 Å². The number of anilines is 3. The van der Waals surface area contributed by atoms with Gasteiger partial charge in [-0.2, -0.15) is 0 Å². The van der Waals surface area contributed by atoms with E-state index >= 15 is 0 Å². The van der Waals surface area contributed by atoms with Crippen molar-refractivity contribution in [3.63, 3.8) is 0 Å². The van der Waals surface area contributed by atoms with Gasteiger partial charge in [-0.15, -0.1) is 11.3 Å². The maximum Gasteiger partial charge on any atom is 0.135 e. The van der Waals surface area contributed by atoms with Gasteiger partial charge in [0.15, 0.2) is 0 Å². The molecular formula is C35H21ClN2OS. The predicted molar refractivity (Wildman–Crippen MR) is 170 cm³/mol. The number of furan rings is 1. The number of nitrogens with zero attached hydrogens (tertiary/aromatic N) is 2. The van der Waals surface area contributed by atoms with Crippen LogP contribution in [0.3, 0.4) is 0 Å². The summed E-state index contributed by atoms with van der Waals surface area (Å²) in [6.45, 7) is 0. The third-order valence-electron chi connectivity index (χ3n) is 7.35. The monoisotopic (exact) mass is 552 g/mol. The van der Waals surface area contributed by atoms with E-state index in [1.54, 1.807) is 11.3 Å². The highest BCUT2D eigenvalue weighted by atomic mass is 35.5. The van der Waals surface area contributed by atoms with Crippen molar-refractivity contribution in [1.29, 1.82) is 0 Å². The topological polar surface area (TPSA) is 29.3 Å². The van der Waals surface area contributed by atoms with Crippen LogP contribution < -0.4 is 4.90 Å². The Bertz CT molecular complexity index is 2160. The Morgan fingerprint density at radius 3 is 2.23 bits per heavy atom. The summed E-state index contributed by atoms with van der Waals surface area (Å²) in [5.41, 5.74) is 7.01. The van der Waals surface area contributed by atoms with Crippen molar-refractivity contribution in [3.05, 3.63) is 132 Å². The molecule has 0 spiro atoms. The number of thiazole rings is 1. The molecule has 40 heavy (non-hydrogen) atoms. The van der Waals surface area contributed by atoms with Crippen LogP contribution in [0.2, 0.25) is 5.02 Å². The average molecular weight is 553 g/mol. The molecule has 5 heteroatoms. The maximum atomic E-state index is 6.37. The SMILES string of the molecule is Clc1ccc2oc3ccc(N(c4ccc(-c5nc6ccccc6s5)cc4)c4cccc5ccccc45)cc3c2c1. The van der Waals surface area contributed by atoms with E-state index in [0.717, 1.165) is 55.1 Å². The van der Waals surface area contributed by atoms with Gasteiger partial charge in [-0.25, -0.2) is 4.98 Å². The molecule has 0 aliphatic heterocycles. The minimum Gasteiger partial charge on any atom is -0.456 e. The minimum absolute atomic E-state index is 0.692. The van der Waals surface area contributed by atoms with Crippen molar-refractivity contribution in [1.82, 2.24) is 4.98 Å². The highest BCUT2D eigenvalue weighted by molar-refractivity contribution is 7.21. The van der Waals surface area contributed by atoms with Gasteiger partial charge in [-0.3, -0.25) is 0 Å². The first kappa shape index (κ1) is 23.3. The zero-order chi connectivity index (χ0) is 26.6. The van der Waals surface area contributed by atoms with E-state index in [-0.39, 0.29) is 0 Å². The van der Waals surface area contributed by atoms with Gasteiger partial charge >= 0.3 is 0 Å². The molecule has 8 rings (SSSR count). The molecule has 0 unspecified atom stereocenters. The van der Waals surface area contributed by atoms with Crippen LogP contribution in [0.25, 0.3) is 53.5 Å². The van der Waals surface area contributed by atoms with Crippen LogP contribution in [0.15, 0.2) is 132 Å². The summed E-state index contributed by atoms with van der Waals surface area (Å²) in [7, 11) is 0. The van der Waals surface area contributed by atoms with Crippen molar-refractivity contribution in [2.75, 3.05) is 4.90 Å². The number of benzene rings is 6. The molecule has 0 aliphatic carbocycles. The average Bonchev–Trinajstić information content (AvgIpc) is 3.59. The van der Waals surface area contributed by atoms with Crippen LogP contribution in [0.1, 0.15) is 0 Å². The van der Waals surface area contributed by atoms with E-state index < -0.39 is 0 Å². The van der Waals surface area contributed by atoms with Gasteiger partial charge in [0.1, 0.15) is 16.2 Å². The Balaban J connectivity index is 1.31. The van der Waals surface area contributed by atoms with Crippen LogP contribution in [-0.4, -0.2) is 4.98 Å². The van der Waals surface area contributed by atoms with Gasteiger partial charge < -0.3 is 9.32 Å². The molecule has 190 valence electrons. The van der Waals surface area contributed by atoms with Crippen molar-refractivity contribution in [2.24, 2.45) is 0 Å². The number of halogens is 1. The quantitative estimate of drug-likeness (QED) is 0.217. The van der Waals surface area contributed by atoms with E-state index in [4.69, 9.17) is 21.0 Å². The second-order valence-corrected chi connectivity index (χ2v) is 11.3. The smallest absolute Gasteiger partial charge is 0.135 e. The van der Waals surface area contributed by atoms with E-state index in [2.05, 4.69) is 102 Å². The summed E-state index contributed by atoms with van der Waals surface area (Å²) in [6, 6.07) is 44.0. The number of fused-ring (bicyclic) bond motifs is 5. The summed E-state index contributed by atoms with van der Waals surface area (Å²) in [5, 5.41) is 6.13. The largest absolute Gasteiger partial charge is 0.456 e. The van der Waals surface area contributed by atoms with Gasteiger partial charge in [0, 0.05) is 38.1 Å². The fraction of sp³-hybridized carbons (Fsp3) is 0. The van der Waals surface area contributed by atoms with Crippen LogP contribution in [0.5, 0.6) is 0 Å². The molecule has 0 saturated carbocycles. The molecule has 0 bridgehead atoms. The fourth-order valence-corrected chi connectivity index (χ4v) is 6.60. The van der Waals surface area contributed by atoms with Crippen molar-refractivity contribution >= 4 is 82.9 Å². The van der Waals surface area contributed by atoms with E-state index in [1.807, 2.05) is 30.3 Å². The summed E-state index contributed by atoms with van der Waals surface area (Å²) >= 11 is 8.09. The Kier molecular flexibility index (Phi) is 5.37. The first-order valence-electron chi connectivity index (χ1n) is 13.1. The van der Waals surface area contributed by atoms with E-state index in [9.17, 15) is 0 Å². The third kappa shape index (κ3) is 3.84. The number of aromatic nitrogens is 1. The zero-order valence-electron chi connectivity index (χ0n) is 21.2. The molecule has 0 N–H and O–H groups in total. The second-order valence-electron chi connectivity index (χ2n) is 9.79. The van der Waals surface area contributed by atoms with Gasteiger partial charge in [0.25, 0.3) is 0 Å². The molecule has 3 nitrogen and oxygen atoms in total. The first-order chi connectivity index (χ1) is 19.7. The third-order valence-corrected chi connectivity index (χ3v) is 8.67. The lowest BCUT2D eigenvalue weighted by atomic mass is 10.1. The number of para-hydroxylation sites is 1. The normalized spacial score (nSPS) is 11.6. The Hall–Kier alpha value is -4.64. The van der Waals surface area contributed by atoms with Gasteiger partial charge in [0.05, 0.1) is 15.9 Å². The van der Waals surface area contributed by atoms with E-state index in [1.165, 1.54) is 15.5 Å². The molecule has 2 aromatic heterocycles. The van der Waals surface area contributed by atoms with Gasteiger partial charge in [-0.1, -0.05) is 60.1 Å². The van der Waals surface area contributed by atoms with Crippen LogP contribution in [-0.2, 0) is 0 Å². The summed E-state index contributed by atoms with van der Waals surface area (Å²) in [4.78, 5) is 7.18. The summed E-state index contributed by atoms with van der Waals surface area (Å²) in [5.74, 6) is 0. The molecule has 0 atom stereocenters. The number of hydrogen-bond donors (Lipinski definition) is 0. The second kappa shape index (κ2) is 9.23. The van der Waals surface area contributed by atoms with Crippen LogP contribution in [0.4, 0.5) is 17.1 Å². The molecular weight excluding hydrogens is 532 g/mol. The van der Waals surface area contributed by atoms with Crippen molar-refractivity contribution < 1.29 is 4.42 Å². The summed E-state index contributed by atoms with van der Waals surface area (Å²) < 4.78 is 7.32.